The van der Waals surface area contributed by atoms with E-state index in [4.69, 9.17) is 32.5 Å². The molecule has 306 valence electrons. The zero-order valence-electron chi connectivity index (χ0n) is 33.3. The number of hydrogen-bond donors (Lipinski definition) is 5. The van der Waals surface area contributed by atoms with Crippen molar-refractivity contribution in [2.75, 3.05) is 105 Å². The summed E-state index contributed by atoms with van der Waals surface area (Å²) in [5.41, 5.74) is 14.0. The van der Waals surface area contributed by atoms with Gasteiger partial charge in [0.1, 0.15) is 11.5 Å². The highest BCUT2D eigenvalue weighted by atomic mass is 35.5. The molecule has 15 nitrogen and oxygen atoms in total. The Morgan fingerprint density at radius 1 is 0.821 bits per heavy atom. The van der Waals surface area contributed by atoms with Gasteiger partial charge in [0.25, 0.3) is 17.7 Å². The number of likely N-dealkylation sites (tertiary alicyclic amines) is 1. The molecule has 0 spiro atoms. The highest BCUT2D eigenvalue weighted by Gasteiger charge is 2.35. The molecule has 1 aliphatic heterocycles. The Morgan fingerprint density at radius 3 is 1.88 bits per heavy atom. The van der Waals surface area contributed by atoms with Gasteiger partial charge in [0.15, 0.2) is 35.7 Å². The van der Waals surface area contributed by atoms with E-state index in [9.17, 15) is 14.4 Å². The van der Waals surface area contributed by atoms with Gasteiger partial charge in [0, 0.05) is 39.0 Å². The first-order chi connectivity index (χ1) is 26.8. The number of nitrogen functional groups attached to an aromatic ring is 2. The molecule has 1 aromatic heterocycles. The number of ether oxygens (including phenoxy) is 2. The molecule has 0 aliphatic carbocycles. The quantitative estimate of drug-likeness (QED) is 0.0940. The fourth-order valence-corrected chi connectivity index (χ4v) is 7.00. The van der Waals surface area contributed by atoms with Crippen molar-refractivity contribution in [1.29, 1.82) is 0 Å². The first-order valence-electron chi connectivity index (χ1n) is 19.3. The minimum Gasteiger partial charge on any atom is -0.484 e. The van der Waals surface area contributed by atoms with Gasteiger partial charge in [-0.2, -0.15) is 0 Å². The van der Waals surface area contributed by atoms with E-state index in [1.807, 2.05) is 74.4 Å². The zero-order valence-corrected chi connectivity index (χ0v) is 34.1. The van der Waals surface area contributed by atoms with Crippen molar-refractivity contribution in [3.63, 3.8) is 0 Å². The summed E-state index contributed by atoms with van der Waals surface area (Å²) in [5, 5.41) is 8.84. The van der Waals surface area contributed by atoms with Gasteiger partial charge in [0.05, 0.1) is 32.2 Å². The number of likely N-dealkylation sites (N-methyl/N-ethyl adjacent to an activating group) is 2. The maximum absolute atomic E-state index is 13.3. The third-order valence-corrected chi connectivity index (χ3v) is 10.0. The van der Waals surface area contributed by atoms with E-state index in [0.29, 0.717) is 24.6 Å². The molecule has 1 saturated heterocycles. The molecular weight excluding hydrogens is 736 g/mol. The van der Waals surface area contributed by atoms with Gasteiger partial charge in [-0.25, -0.2) is 9.97 Å². The van der Waals surface area contributed by atoms with E-state index in [-0.39, 0.29) is 53.6 Å². The molecule has 4 rings (SSSR count). The number of benzene rings is 2. The number of hydrogen-bond acceptors (Lipinski definition) is 11. The number of anilines is 2. The lowest BCUT2D eigenvalue weighted by Gasteiger charge is -2.45. The Labute approximate surface area is 336 Å². The first-order valence-corrected chi connectivity index (χ1v) is 19.7. The van der Waals surface area contributed by atoms with Crippen molar-refractivity contribution in [3.8, 4) is 11.5 Å². The molecular formula is C40H60ClN10O5+. The summed E-state index contributed by atoms with van der Waals surface area (Å²) < 4.78 is 12.5. The summed E-state index contributed by atoms with van der Waals surface area (Å²) in [6.45, 7) is 6.14. The van der Waals surface area contributed by atoms with Gasteiger partial charge < -0.3 is 51.2 Å². The van der Waals surface area contributed by atoms with E-state index in [0.717, 1.165) is 93.4 Å². The molecule has 0 bridgehead atoms. The largest absolute Gasteiger partial charge is 0.484 e. The van der Waals surface area contributed by atoms with E-state index < -0.39 is 5.91 Å². The second-order valence-electron chi connectivity index (χ2n) is 15.0. The number of nitrogens with one attached hydrogen (secondary N) is 3. The van der Waals surface area contributed by atoms with Crippen LogP contribution in [0, 0.1) is 0 Å². The summed E-state index contributed by atoms with van der Waals surface area (Å²) in [5.74, 6) is 0.518. The number of aryl methyl sites for hydroxylation is 2. The number of amides is 3. The predicted octanol–water partition coefficient (Wildman–Crippen LogP) is 2.38. The highest BCUT2D eigenvalue weighted by Crippen LogP contribution is 2.25. The minimum atomic E-state index is -0.423. The molecule has 1 atom stereocenters. The lowest BCUT2D eigenvalue weighted by molar-refractivity contribution is -0.933. The normalized spacial score (nSPS) is 15.0. The second kappa shape index (κ2) is 22.1. The van der Waals surface area contributed by atoms with E-state index >= 15 is 0 Å². The molecule has 1 aliphatic rings. The standard InChI is InChI=1S/C40H59ClN10O5/c1-49(2)19-17-44-34(52)27-55-32-15-5-10-29(24-32)12-7-21-51(23-9-14-31(26-51)46-40(54)36-38(42)48-39(43)37(41)47-36)22-8-13-30-11-6-16-33(25-30)56-28-35(53)45-18-20-50(3)4/h5-6,10-11,15-16,24-25,31H,7-9,12-14,17-23,26-28H2,1-4H3,(H6-,42,43,44,45,46,48,52,53,54)/p+1. The Kier molecular flexibility index (Phi) is 17.4. The maximum Gasteiger partial charge on any atom is 0.274 e. The van der Waals surface area contributed by atoms with Gasteiger partial charge in [-0.3, -0.25) is 14.4 Å². The summed E-state index contributed by atoms with van der Waals surface area (Å²) >= 11 is 6.08. The SMILES string of the molecule is CN(C)CCNC(=O)COc1cccc(CCC[N+]2(CCCc3cccc(OCC(=O)NCCN(C)C)c3)CCCC(NC(=O)c3nc(Cl)c(N)nc3N)C2)c1. The van der Waals surface area contributed by atoms with Crippen LogP contribution in [0.5, 0.6) is 11.5 Å². The fourth-order valence-electron chi connectivity index (χ4n) is 6.88. The Bertz CT molecular complexity index is 1660. The highest BCUT2D eigenvalue weighted by molar-refractivity contribution is 6.31. The molecule has 3 amide bonds. The summed E-state index contributed by atoms with van der Waals surface area (Å²) in [6.07, 6.45) is 5.27. The van der Waals surface area contributed by atoms with Crippen molar-refractivity contribution >= 4 is 41.0 Å². The third-order valence-electron chi connectivity index (χ3n) is 9.74. The van der Waals surface area contributed by atoms with Gasteiger partial charge >= 0.3 is 0 Å². The summed E-state index contributed by atoms with van der Waals surface area (Å²) in [4.78, 5) is 49.9. The summed E-state index contributed by atoms with van der Waals surface area (Å²) in [7, 11) is 7.84. The number of nitrogens with zero attached hydrogens (tertiary/aromatic N) is 5. The van der Waals surface area contributed by atoms with Crippen molar-refractivity contribution < 1.29 is 28.3 Å². The zero-order chi connectivity index (χ0) is 40.5. The van der Waals surface area contributed by atoms with Crippen LogP contribution in [0.2, 0.25) is 5.15 Å². The van der Waals surface area contributed by atoms with Crippen LogP contribution in [0.3, 0.4) is 0 Å². The first kappa shape index (κ1) is 44.0. The van der Waals surface area contributed by atoms with Gasteiger partial charge in [-0.05, 0) is 89.3 Å². The molecule has 56 heavy (non-hydrogen) atoms. The van der Waals surface area contributed by atoms with Crippen LogP contribution < -0.4 is 36.9 Å². The lowest BCUT2D eigenvalue weighted by atomic mass is 9.99. The molecule has 16 heteroatoms. The molecule has 2 aromatic carbocycles. The number of carbonyl (C=O) groups is 3. The van der Waals surface area contributed by atoms with Crippen molar-refractivity contribution in [2.45, 2.75) is 44.6 Å². The van der Waals surface area contributed by atoms with Crippen molar-refractivity contribution in [3.05, 3.63) is 70.5 Å². The van der Waals surface area contributed by atoms with Crippen LogP contribution in [0.1, 0.15) is 47.3 Å². The second-order valence-corrected chi connectivity index (χ2v) is 15.4. The summed E-state index contributed by atoms with van der Waals surface area (Å²) in [6, 6.07) is 15.7. The average Bonchev–Trinajstić information content (AvgIpc) is 3.15. The van der Waals surface area contributed by atoms with Crippen LogP contribution in [-0.2, 0) is 22.4 Å². The minimum absolute atomic E-state index is 0.0227. The smallest absolute Gasteiger partial charge is 0.274 e. The van der Waals surface area contributed by atoms with E-state index in [1.165, 1.54) is 0 Å². The topological polar surface area (TPSA) is 190 Å². The Hall–Kier alpha value is -4.70. The molecule has 2 heterocycles. The Balaban J connectivity index is 1.38. The van der Waals surface area contributed by atoms with Crippen molar-refractivity contribution in [2.24, 2.45) is 0 Å². The van der Waals surface area contributed by atoms with Crippen LogP contribution >= 0.6 is 11.6 Å². The molecule has 1 fully saturated rings. The van der Waals surface area contributed by atoms with Gasteiger partial charge in [-0.15, -0.1) is 0 Å². The van der Waals surface area contributed by atoms with Crippen molar-refractivity contribution in [1.82, 2.24) is 35.7 Å². The number of rotatable bonds is 22. The number of piperidine rings is 1. The molecule has 1 unspecified atom stereocenters. The number of aromatic nitrogens is 2. The molecule has 7 N–H and O–H groups in total. The van der Waals surface area contributed by atoms with Crippen LogP contribution in [-0.4, -0.2) is 142 Å². The molecule has 3 aromatic rings. The number of quaternary nitrogens is 1. The van der Waals surface area contributed by atoms with E-state index in [1.54, 1.807) is 0 Å². The number of halogens is 1. The molecule has 0 radical (unpaired) electrons. The van der Waals surface area contributed by atoms with Gasteiger partial charge in [0.2, 0.25) is 0 Å². The van der Waals surface area contributed by atoms with E-state index in [2.05, 4.69) is 38.1 Å². The Morgan fingerprint density at radius 2 is 1.36 bits per heavy atom. The fraction of sp³-hybridized carbons (Fsp3) is 0.525. The van der Waals surface area contributed by atoms with Crippen LogP contribution in [0.15, 0.2) is 48.5 Å². The van der Waals surface area contributed by atoms with Crippen LogP contribution in [0.4, 0.5) is 11.6 Å². The molecule has 0 saturated carbocycles. The maximum atomic E-state index is 13.3. The third kappa shape index (κ3) is 15.1. The number of carbonyl (C=O) groups excluding carboxylic acids is 3. The predicted molar refractivity (Wildman–Crippen MR) is 220 cm³/mol. The van der Waals surface area contributed by atoms with Gasteiger partial charge in [-0.1, -0.05) is 35.9 Å². The number of nitrogens with two attached hydrogens (primary N) is 2. The monoisotopic (exact) mass is 795 g/mol. The lowest BCUT2D eigenvalue weighted by Crippen LogP contribution is -2.60. The average molecular weight is 796 g/mol. The van der Waals surface area contributed by atoms with Crippen LogP contribution in [0.25, 0.3) is 0 Å².